The second-order valence-electron chi connectivity index (χ2n) is 7.12. The fraction of sp³-hybridized carbons (Fsp3) is 0.429. The largest absolute Gasteiger partial charge is 0.255 e. The van der Waals surface area contributed by atoms with Gasteiger partial charge in [-0.05, 0) is 35.3 Å². The van der Waals surface area contributed by atoms with Crippen LogP contribution in [0.15, 0.2) is 60.7 Å². The van der Waals surface area contributed by atoms with E-state index in [4.69, 9.17) is 0 Å². The zero-order valence-electron chi connectivity index (χ0n) is 14.8. The fourth-order valence-corrected chi connectivity index (χ4v) is 7.44. The highest BCUT2D eigenvalue weighted by molar-refractivity contribution is 7.74. The van der Waals surface area contributed by atoms with Gasteiger partial charge >= 0.3 is 0 Å². The number of benzene rings is 2. The van der Waals surface area contributed by atoms with Gasteiger partial charge in [-0.3, -0.25) is 4.44 Å². The molecule has 1 fully saturated rings. The minimum atomic E-state index is -0.490. The van der Waals surface area contributed by atoms with Gasteiger partial charge in [-0.15, -0.1) is 0 Å². The standard InChI is InChI=1S/C21H29NP2/c1-17(2)20-15-9-10-16-21(20)22(23)24(18-11-5-3-6-12-18)19-13-7-4-8-14-19/h3-8,11-14,17,20-21H,9-10,15-16,23H2,1-2H3/t20-,21+/m1/s1. The lowest BCUT2D eigenvalue weighted by Crippen LogP contribution is -2.39. The summed E-state index contributed by atoms with van der Waals surface area (Å²) >= 11 is 0. The smallest absolute Gasteiger partial charge is 0.0316 e. The van der Waals surface area contributed by atoms with E-state index in [-0.39, 0.29) is 0 Å². The van der Waals surface area contributed by atoms with E-state index >= 15 is 0 Å². The van der Waals surface area contributed by atoms with Crippen molar-refractivity contribution in [3.8, 4) is 0 Å². The predicted octanol–water partition coefficient (Wildman–Crippen LogP) is 5.34. The van der Waals surface area contributed by atoms with Crippen LogP contribution in [-0.4, -0.2) is 10.5 Å². The van der Waals surface area contributed by atoms with Gasteiger partial charge in [0.2, 0.25) is 0 Å². The van der Waals surface area contributed by atoms with E-state index in [0.717, 1.165) is 11.8 Å². The van der Waals surface area contributed by atoms with Crippen LogP contribution in [0.25, 0.3) is 0 Å². The van der Waals surface area contributed by atoms with E-state index in [1.54, 1.807) is 0 Å². The monoisotopic (exact) mass is 357 g/mol. The molecule has 0 amide bonds. The first-order valence-corrected chi connectivity index (χ1v) is 10.9. The lowest BCUT2D eigenvalue weighted by Gasteiger charge is -2.43. The van der Waals surface area contributed by atoms with Crippen molar-refractivity contribution in [2.75, 3.05) is 0 Å². The molecule has 1 aliphatic carbocycles. The summed E-state index contributed by atoms with van der Waals surface area (Å²) in [6.45, 7) is 4.80. The molecule has 128 valence electrons. The molecule has 0 aromatic heterocycles. The minimum absolute atomic E-state index is 0.490. The van der Waals surface area contributed by atoms with Crippen LogP contribution in [0.3, 0.4) is 0 Å². The summed E-state index contributed by atoms with van der Waals surface area (Å²) in [6, 6.07) is 22.8. The molecule has 0 N–H and O–H groups in total. The second kappa shape index (κ2) is 8.57. The Balaban J connectivity index is 1.95. The van der Waals surface area contributed by atoms with Crippen molar-refractivity contribution >= 4 is 28.1 Å². The van der Waals surface area contributed by atoms with E-state index in [1.165, 1.54) is 36.3 Å². The molecule has 3 atom stereocenters. The molecule has 0 spiro atoms. The zero-order chi connectivity index (χ0) is 16.9. The summed E-state index contributed by atoms with van der Waals surface area (Å²) in [5, 5.41) is 2.89. The van der Waals surface area contributed by atoms with Crippen LogP contribution >= 0.6 is 17.5 Å². The van der Waals surface area contributed by atoms with Gasteiger partial charge in [0, 0.05) is 14.1 Å². The number of hydrogen-bond donors (Lipinski definition) is 0. The van der Waals surface area contributed by atoms with E-state index < -0.39 is 8.07 Å². The maximum atomic E-state index is 3.12. The number of nitrogens with zero attached hydrogens (tertiary/aromatic N) is 1. The summed E-state index contributed by atoms with van der Waals surface area (Å²) in [4.78, 5) is 0. The van der Waals surface area contributed by atoms with Gasteiger partial charge in [-0.25, -0.2) is 0 Å². The van der Waals surface area contributed by atoms with E-state index in [0.29, 0.717) is 6.04 Å². The van der Waals surface area contributed by atoms with Gasteiger partial charge in [0.05, 0.1) is 0 Å². The Bertz CT molecular complexity index is 575. The quantitative estimate of drug-likeness (QED) is 0.653. The highest BCUT2D eigenvalue weighted by Crippen LogP contribution is 2.48. The average molecular weight is 357 g/mol. The van der Waals surface area contributed by atoms with Crippen LogP contribution in [0.2, 0.25) is 0 Å². The maximum Gasteiger partial charge on any atom is 0.0316 e. The van der Waals surface area contributed by atoms with Crippen molar-refractivity contribution in [1.29, 1.82) is 0 Å². The Kier molecular flexibility index (Phi) is 6.45. The van der Waals surface area contributed by atoms with E-state index in [1.807, 2.05) is 0 Å². The predicted molar refractivity (Wildman–Crippen MR) is 111 cm³/mol. The molecule has 24 heavy (non-hydrogen) atoms. The summed E-state index contributed by atoms with van der Waals surface area (Å²) < 4.78 is 2.64. The van der Waals surface area contributed by atoms with Crippen molar-refractivity contribution < 1.29 is 0 Å². The molecule has 0 heterocycles. The van der Waals surface area contributed by atoms with Crippen LogP contribution in [0, 0.1) is 11.8 Å². The van der Waals surface area contributed by atoms with Crippen molar-refractivity contribution in [2.45, 2.75) is 45.6 Å². The van der Waals surface area contributed by atoms with Crippen LogP contribution in [-0.2, 0) is 0 Å². The molecule has 0 aliphatic heterocycles. The second-order valence-corrected chi connectivity index (χ2v) is 10.2. The molecule has 0 radical (unpaired) electrons. The molecule has 1 nitrogen and oxygen atoms in total. The molecule has 2 aromatic carbocycles. The first-order chi connectivity index (χ1) is 11.7. The molecular formula is C21H29NP2. The third-order valence-corrected chi connectivity index (χ3v) is 8.62. The first kappa shape index (κ1) is 18.1. The average Bonchev–Trinajstić information content (AvgIpc) is 2.63. The summed E-state index contributed by atoms with van der Waals surface area (Å²) in [7, 11) is 2.63. The normalized spacial score (nSPS) is 21.6. The van der Waals surface area contributed by atoms with Crippen LogP contribution in [0.5, 0.6) is 0 Å². The molecule has 0 bridgehead atoms. The molecule has 3 rings (SSSR count). The van der Waals surface area contributed by atoms with Crippen molar-refractivity contribution in [3.05, 3.63) is 60.7 Å². The molecule has 1 aliphatic rings. The SMILES string of the molecule is CC(C)[C@H]1CCCC[C@@H]1N(P)P(c1ccccc1)c1ccccc1. The van der Waals surface area contributed by atoms with Gasteiger partial charge in [-0.2, -0.15) is 0 Å². The number of rotatable bonds is 5. The minimum Gasteiger partial charge on any atom is -0.255 e. The van der Waals surface area contributed by atoms with Crippen molar-refractivity contribution in [1.82, 2.24) is 4.44 Å². The van der Waals surface area contributed by atoms with Crippen molar-refractivity contribution in [2.24, 2.45) is 11.8 Å². The molecule has 2 aromatic rings. The Labute approximate surface area is 150 Å². The Hall–Kier alpha value is -0.740. The van der Waals surface area contributed by atoms with Gasteiger partial charge < -0.3 is 0 Å². The van der Waals surface area contributed by atoms with Crippen LogP contribution in [0.1, 0.15) is 39.5 Å². The Morgan fingerprint density at radius 3 is 1.88 bits per heavy atom. The zero-order valence-corrected chi connectivity index (χ0v) is 16.9. The van der Waals surface area contributed by atoms with Crippen LogP contribution < -0.4 is 10.6 Å². The Morgan fingerprint density at radius 2 is 1.38 bits per heavy atom. The van der Waals surface area contributed by atoms with E-state index in [2.05, 4.69) is 88.3 Å². The van der Waals surface area contributed by atoms with Crippen LogP contribution in [0.4, 0.5) is 0 Å². The lowest BCUT2D eigenvalue weighted by atomic mass is 9.78. The Morgan fingerprint density at radius 1 is 0.875 bits per heavy atom. The topological polar surface area (TPSA) is 3.24 Å². The van der Waals surface area contributed by atoms with Gasteiger partial charge in [0.1, 0.15) is 0 Å². The highest BCUT2D eigenvalue weighted by atomic mass is 31.2. The maximum absolute atomic E-state index is 3.12. The van der Waals surface area contributed by atoms with Gasteiger partial charge in [0.15, 0.2) is 0 Å². The fourth-order valence-electron chi connectivity index (χ4n) is 3.95. The van der Waals surface area contributed by atoms with Gasteiger partial charge in [0.25, 0.3) is 0 Å². The first-order valence-electron chi connectivity index (χ1n) is 9.12. The highest BCUT2D eigenvalue weighted by Gasteiger charge is 2.34. The third kappa shape index (κ3) is 4.08. The third-order valence-electron chi connectivity index (χ3n) is 5.21. The summed E-state index contributed by atoms with van der Waals surface area (Å²) in [5.41, 5.74) is 0. The molecular weight excluding hydrogens is 328 g/mol. The molecule has 3 heteroatoms. The molecule has 1 saturated carbocycles. The summed E-state index contributed by atoms with van der Waals surface area (Å²) in [6.07, 6.45) is 5.46. The van der Waals surface area contributed by atoms with Gasteiger partial charge in [-0.1, -0.05) is 96.7 Å². The number of hydrogen-bond acceptors (Lipinski definition) is 1. The molecule has 0 saturated heterocycles. The molecule has 1 unspecified atom stereocenters. The van der Waals surface area contributed by atoms with E-state index in [9.17, 15) is 0 Å². The van der Waals surface area contributed by atoms with Crippen molar-refractivity contribution in [3.63, 3.8) is 0 Å². The summed E-state index contributed by atoms with van der Waals surface area (Å²) in [5.74, 6) is 1.55. The lowest BCUT2D eigenvalue weighted by molar-refractivity contribution is 0.192.